The lowest BCUT2D eigenvalue weighted by atomic mass is 9.99. The number of nitrogens with zero attached hydrogens (tertiary/aromatic N) is 5. The minimum atomic E-state index is 0.360. The molecule has 0 aliphatic carbocycles. The van der Waals surface area contributed by atoms with Crippen LogP contribution in [-0.4, -0.2) is 39.8 Å². The highest BCUT2D eigenvalue weighted by Gasteiger charge is 2.29. The summed E-state index contributed by atoms with van der Waals surface area (Å²) in [5.74, 6) is 2.64. The van der Waals surface area contributed by atoms with Crippen LogP contribution in [0.3, 0.4) is 0 Å². The van der Waals surface area contributed by atoms with Crippen molar-refractivity contribution in [3.05, 3.63) is 76.6 Å². The number of hydrogen-bond acceptors (Lipinski definition) is 5. The lowest BCUT2D eigenvalue weighted by Crippen LogP contribution is -2.34. The lowest BCUT2D eigenvalue weighted by Gasteiger charge is -2.31. The summed E-state index contributed by atoms with van der Waals surface area (Å²) in [4.78, 5) is 14.8. The van der Waals surface area contributed by atoms with Crippen LogP contribution in [0.1, 0.15) is 42.0 Å². The molecular formula is C25H25ClN6. The Kier molecular flexibility index (Phi) is 4.76. The van der Waals surface area contributed by atoms with Crippen molar-refractivity contribution in [3.8, 4) is 0 Å². The SMILES string of the molecule is CC1CN(c2nc(N3CCC(c4cccc(Cl)c4)C3)c3ccccc3n2)Cc2cn[nH]c21. The van der Waals surface area contributed by atoms with E-state index in [0.717, 1.165) is 60.3 Å². The van der Waals surface area contributed by atoms with E-state index in [2.05, 4.69) is 63.3 Å². The standard InChI is InChI=1S/C25H25ClN6/c1-16-13-32(15-19-12-27-30-23(16)19)25-28-22-8-3-2-7-21(22)24(29-25)31-10-9-18(14-31)17-5-4-6-20(26)11-17/h2-8,11-12,16,18H,9-10,13-15H2,1H3,(H,27,30). The van der Waals surface area contributed by atoms with Crippen LogP contribution in [0.4, 0.5) is 11.8 Å². The van der Waals surface area contributed by atoms with Crippen molar-refractivity contribution >= 4 is 34.3 Å². The van der Waals surface area contributed by atoms with Gasteiger partial charge in [-0.1, -0.05) is 42.8 Å². The largest absolute Gasteiger partial charge is 0.355 e. The number of benzene rings is 2. The summed E-state index contributed by atoms with van der Waals surface area (Å²) in [6.45, 7) is 5.78. The fraction of sp³-hybridized carbons (Fsp3) is 0.320. The molecule has 6 rings (SSSR count). The molecule has 162 valence electrons. The van der Waals surface area contributed by atoms with Gasteiger partial charge in [0.05, 0.1) is 11.7 Å². The second-order valence-electron chi connectivity index (χ2n) is 8.94. The first-order valence-electron chi connectivity index (χ1n) is 11.2. The van der Waals surface area contributed by atoms with Gasteiger partial charge in [0.15, 0.2) is 0 Å². The van der Waals surface area contributed by atoms with Crippen molar-refractivity contribution in [1.82, 2.24) is 20.2 Å². The summed E-state index contributed by atoms with van der Waals surface area (Å²) in [5, 5.41) is 9.31. The Morgan fingerprint density at radius 3 is 2.84 bits per heavy atom. The van der Waals surface area contributed by atoms with Crippen molar-refractivity contribution in [3.63, 3.8) is 0 Å². The number of fused-ring (bicyclic) bond motifs is 2. The first-order valence-corrected chi connectivity index (χ1v) is 11.6. The highest BCUT2D eigenvalue weighted by atomic mass is 35.5. The van der Waals surface area contributed by atoms with Gasteiger partial charge in [-0.05, 0) is 36.2 Å². The molecule has 4 heterocycles. The first kappa shape index (κ1) is 19.6. The van der Waals surface area contributed by atoms with E-state index in [1.807, 2.05) is 18.3 Å². The van der Waals surface area contributed by atoms with Gasteiger partial charge >= 0.3 is 0 Å². The molecule has 2 atom stereocenters. The predicted octanol–water partition coefficient (Wildman–Crippen LogP) is 5.12. The molecule has 7 heteroatoms. The number of aromatic nitrogens is 4. The molecule has 0 saturated carbocycles. The van der Waals surface area contributed by atoms with Crippen molar-refractivity contribution < 1.29 is 0 Å². The molecule has 4 aromatic rings. The van der Waals surface area contributed by atoms with E-state index in [4.69, 9.17) is 21.6 Å². The number of rotatable bonds is 3. The molecule has 0 spiro atoms. The van der Waals surface area contributed by atoms with Gasteiger partial charge in [0.2, 0.25) is 5.95 Å². The van der Waals surface area contributed by atoms with E-state index in [1.165, 1.54) is 16.8 Å². The predicted molar refractivity (Wildman–Crippen MR) is 129 cm³/mol. The van der Waals surface area contributed by atoms with Crippen LogP contribution in [0.5, 0.6) is 0 Å². The van der Waals surface area contributed by atoms with Crippen LogP contribution in [0.25, 0.3) is 10.9 Å². The van der Waals surface area contributed by atoms with Crippen LogP contribution in [0, 0.1) is 0 Å². The molecule has 1 saturated heterocycles. The smallest absolute Gasteiger partial charge is 0.228 e. The maximum Gasteiger partial charge on any atom is 0.228 e. The van der Waals surface area contributed by atoms with Crippen LogP contribution >= 0.6 is 11.6 Å². The van der Waals surface area contributed by atoms with E-state index >= 15 is 0 Å². The molecule has 32 heavy (non-hydrogen) atoms. The van der Waals surface area contributed by atoms with Gasteiger partial charge in [0.25, 0.3) is 0 Å². The van der Waals surface area contributed by atoms with Crippen LogP contribution in [0.2, 0.25) is 5.02 Å². The third-order valence-electron chi connectivity index (χ3n) is 6.76. The summed E-state index contributed by atoms with van der Waals surface area (Å²) >= 11 is 6.25. The summed E-state index contributed by atoms with van der Waals surface area (Å²) in [7, 11) is 0. The second kappa shape index (κ2) is 7.78. The molecule has 2 unspecified atom stereocenters. The number of H-pyrrole nitrogens is 1. The molecule has 1 N–H and O–H groups in total. The summed E-state index contributed by atoms with van der Waals surface area (Å²) in [6.07, 6.45) is 3.02. The van der Waals surface area contributed by atoms with Gasteiger partial charge < -0.3 is 9.80 Å². The molecule has 6 nitrogen and oxygen atoms in total. The fourth-order valence-corrected chi connectivity index (χ4v) is 5.33. The number of para-hydroxylation sites is 1. The zero-order valence-electron chi connectivity index (χ0n) is 18.0. The topological polar surface area (TPSA) is 60.9 Å². The van der Waals surface area contributed by atoms with Crippen molar-refractivity contribution in [2.75, 3.05) is 29.4 Å². The Labute approximate surface area is 192 Å². The Morgan fingerprint density at radius 2 is 1.94 bits per heavy atom. The maximum absolute atomic E-state index is 6.25. The summed E-state index contributed by atoms with van der Waals surface area (Å²) in [6, 6.07) is 16.6. The average molecular weight is 445 g/mol. The van der Waals surface area contributed by atoms with Crippen LogP contribution in [-0.2, 0) is 6.54 Å². The van der Waals surface area contributed by atoms with E-state index in [9.17, 15) is 0 Å². The van der Waals surface area contributed by atoms with Gasteiger partial charge in [0, 0.05) is 59.7 Å². The Hall–Kier alpha value is -3.12. The van der Waals surface area contributed by atoms with Gasteiger partial charge in [0.1, 0.15) is 5.82 Å². The van der Waals surface area contributed by atoms with E-state index < -0.39 is 0 Å². The third kappa shape index (κ3) is 3.39. The van der Waals surface area contributed by atoms with E-state index in [-0.39, 0.29) is 0 Å². The zero-order chi connectivity index (χ0) is 21.7. The molecule has 0 amide bonds. The molecule has 2 aliphatic rings. The molecule has 2 aliphatic heterocycles. The number of aromatic amines is 1. The highest BCUT2D eigenvalue weighted by Crippen LogP contribution is 2.36. The average Bonchev–Trinajstić information content (AvgIpc) is 3.48. The monoisotopic (exact) mass is 444 g/mol. The van der Waals surface area contributed by atoms with Crippen molar-refractivity contribution in [2.45, 2.75) is 31.7 Å². The Balaban J connectivity index is 1.36. The first-order chi connectivity index (χ1) is 15.7. The summed E-state index contributed by atoms with van der Waals surface area (Å²) in [5.41, 5.74) is 4.75. The van der Waals surface area contributed by atoms with Crippen molar-refractivity contribution in [2.24, 2.45) is 0 Å². The number of nitrogens with one attached hydrogen (secondary N) is 1. The van der Waals surface area contributed by atoms with Crippen LogP contribution in [0.15, 0.2) is 54.7 Å². The number of anilines is 2. The second-order valence-corrected chi connectivity index (χ2v) is 9.38. The fourth-order valence-electron chi connectivity index (χ4n) is 5.13. The Bertz CT molecular complexity index is 1280. The molecule has 1 fully saturated rings. The Morgan fingerprint density at radius 1 is 1.03 bits per heavy atom. The molecule has 0 radical (unpaired) electrons. The number of hydrogen-bond donors (Lipinski definition) is 1. The van der Waals surface area contributed by atoms with Gasteiger partial charge in [-0.3, -0.25) is 5.10 Å². The minimum Gasteiger partial charge on any atom is -0.355 e. The quantitative estimate of drug-likeness (QED) is 0.475. The molecular weight excluding hydrogens is 420 g/mol. The molecule has 0 bridgehead atoms. The molecule has 2 aromatic carbocycles. The highest BCUT2D eigenvalue weighted by molar-refractivity contribution is 6.30. The van der Waals surface area contributed by atoms with E-state index in [1.54, 1.807) is 0 Å². The van der Waals surface area contributed by atoms with Gasteiger partial charge in [-0.25, -0.2) is 4.98 Å². The zero-order valence-corrected chi connectivity index (χ0v) is 18.8. The van der Waals surface area contributed by atoms with E-state index in [0.29, 0.717) is 11.8 Å². The van der Waals surface area contributed by atoms with Crippen LogP contribution < -0.4 is 9.80 Å². The maximum atomic E-state index is 6.25. The normalized spacial score (nSPS) is 20.7. The lowest BCUT2D eigenvalue weighted by molar-refractivity contribution is 0.614. The summed E-state index contributed by atoms with van der Waals surface area (Å²) < 4.78 is 0. The molecule has 2 aromatic heterocycles. The number of halogens is 1. The van der Waals surface area contributed by atoms with Gasteiger partial charge in [-0.2, -0.15) is 10.1 Å². The van der Waals surface area contributed by atoms with Gasteiger partial charge in [-0.15, -0.1) is 0 Å². The van der Waals surface area contributed by atoms with Crippen molar-refractivity contribution in [1.29, 1.82) is 0 Å². The minimum absolute atomic E-state index is 0.360. The third-order valence-corrected chi connectivity index (χ3v) is 7.00.